The van der Waals surface area contributed by atoms with Gasteiger partial charge in [-0.2, -0.15) is 0 Å². The Morgan fingerprint density at radius 2 is 0.614 bits per heavy atom. The number of nitrogens with one attached hydrogen (secondary N) is 2. The van der Waals surface area contributed by atoms with Crippen LogP contribution in [0.25, 0.3) is 0 Å². The molecule has 0 aromatic heterocycles. The van der Waals surface area contributed by atoms with E-state index in [4.69, 9.17) is 42.4 Å². The highest BCUT2D eigenvalue weighted by Crippen LogP contribution is 2.43. The van der Waals surface area contributed by atoms with Gasteiger partial charge in [-0.05, 0) is 89.9 Å². The molecular formula is C116H217N2O21P. The summed E-state index contributed by atoms with van der Waals surface area (Å²) in [7, 11) is -4.65. The molecule has 2 aliphatic heterocycles. The van der Waals surface area contributed by atoms with Crippen molar-refractivity contribution in [2.75, 3.05) is 19.9 Å². The minimum Gasteiger partial charge on any atom is -0.495 e. The third-order valence-electron chi connectivity index (χ3n) is 28.2. The molecule has 0 aromatic rings. The first-order chi connectivity index (χ1) is 68.1. The Labute approximate surface area is 855 Å². The second kappa shape index (κ2) is 92.3. The molecule has 0 spiro atoms. The fourth-order valence-corrected chi connectivity index (χ4v) is 20.1. The number of unbranched alkanes of at least 4 members (excludes halogenated alkanes) is 63. The molecule has 2 heterocycles. The quantitative estimate of drug-likeness (QED) is 0.00743. The monoisotopic (exact) mass is 2010 g/mol. The lowest BCUT2D eigenvalue weighted by Crippen LogP contribution is -2.67. The average Bonchev–Trinajstić information content (AvgIpc) is 0.783. The number of aliphatic hydroxyl groups is 4. The second-order valence-corrected chi connectivity index (χ2v) is 43.8. The van der Waals surface area contributed by atoms with Crippen LogP contribution in [0.5, 0.6) is 0 Å². The third kappa shape index (κ3) is 74.0. The number of carbonyl (C=O) groups excluding carboxylic acids is 6. The Bertz CT molecular complexity index is 3010. The molecule has 2 amide bonds. The highest BCUT2D eigenvalue weighted by molar-refractivity contribution is 7.51. The Hall–Kier alpha value is -4.03. The van der Waals surface area contributed by atoms with Crippen LogP contribution in [-0.4, -0.2) is 167 Å². The van der Waals surface area contributed by atoms with E-state index in [0.29, 0.717) is 63.5 Å². The van der Waals surface area contributed by atoms with Gasteiger partial charge in [0.05, 0.1) is 50.8 Å². The average molecular weight is 2010 g/mol. The van der Waals surface area contributed by atoms with Crippen LogP contribution in [-0.2, 0) is 75.8 Å². The Balaban J connectivity index is 2.83. The predicted octanol–water partition coefficient (Wildman–Crippen LogP) is 29.6. The second-order valence-electron chi connectivity index (χ2n) is 41.9. The van der Waals surface area contributed by atoms with Crippen molar-refractivity contribution < 1.29 is 101 Å². The lowest BCUT2D eigenvalue weighted by Gasteiger charge is -2.46. The van der Waals surface area contributed by atoms with E-state index in [1.54, 1.807) is 0 Å². The molecule has 0 radical (unpaired) electrons. The highest BCUT2D eigenvalue weighted by atomic mass is 31.2. The van der Waals surface area contributed by atoms with Crippen molar-refractivity contribution in [2.45, 2.75) is 661 Å². The number of hydrogen-bond donors (Lipinski definition) is 7. The van der Waals surface area contributed by atoms with Gasteiger partial charge in [-0.25, -0.2) is 0 Å². The van der Waals surface area contributed by atoms with E-state index in [-0.39, 0.29) is 32.1 Å². The van der Waals surface area contributed by atoms with Crippen molar-refractivity contribution in [2.24, 2.45) is 0 Å². The first-order valence-electron chi connectivity index (χ1n) is 59.0. The van der Waals surface area contributed by atoms with E-state index >= 15 is 14.4 Å². The van der Waals surface area contributed by atoms with Crippen LogP contribution in [0.15, 0.2) is 24.5 Å². The van der Waals surface area contributed by atoms with Crippen LogP contribution in [0.2, 0.25) is 0 Å². The van der Waals surface area contributed by atoms with Crippen LogP contribution in [0.1, 0.15) is 575 Å². The lowest BCUT2D eigenvalue weighted by molar-refractivity contribution is -0.297. The fraction of sp³-hybridized carbons (Fsp3) is 0.914. The lowest BCUT2D eigenvalue weighted by atomic mass is 9.95. The van der Waals surface area contributed by atoms with Crippen LogP contribution in [0.3, 0.4) is 0 Å². The van der Waals surface area contributed by atoms with E-state index in [9.17, 15) is 44.3 Å². The summed E-state index contributed by atoms with van der Waals surface area (Å²) in [4.78, 5) is 99.0. The number of esters is 4. The number of rotatable bonds is 101. The van der Waals surface area contributed by atoms with Gasteiger partial charge in [-0.3, -0.25) is 37.9 Å². The third-order valence-corrected chi connectivity index (χ3v) is 28.8. The van der Waals surface area contributed by atoms with Gasteiger partial charge >= 0.3 is 31.5 Å². The zero-order chi connectivity index (χ0) is 102. The minimum absolute atomic E-state index is 0.138. The normalized spacial score (nSPS) is 19.6. The van der Waals surface area contributed by atoms with Gasteiger partial charge in [0.25, 0.3) is 0 Å². The molecule has 23 nitrogen and oxygen atoms in total. The number of aliphatic hydroxyl groups excluding tert-OH is 4. The number of allylic oxidation sites excluding steroid dienone is 3. The van der Waals surface area contributed by atoms with Crippen LogP contribution in [0, 0.1) is 0 Å². The summed E-state index contributed by atoms with van der Waals surface area (Å²) in [6.07, 6.45) is 64.3. The van der Waals surface area contributed by atoms with Crippen molar-refractivity contribution in [3.63, 3.8) is 0 Å². The number of amides is 2. The summed E-state index contributed by atoms with van der Waals surface area (Å²) < 4.78 is 70.9. The maximum atomic E-state index is 15.3. The highest BCUT2D eigenvalue weighted by Gasteiger charge is 2.53. The Kier molecular flexibility index (Phi) is 87.1. The van der Waals surface area contributed by atoms with Gasteiger partial charge in [0.1, 0.15) is 54.8 Å². The molecule has 2 rings (SSSR count). The van der Waals surface area contributed by atoms with Gasteiger partial charge in [0.2, 0.25) is 11.8 Å². The van der Waals surface area contributed by atoms with Crippen molar-refractivity contribution in [3.05, 3.63) is 24.5 Å². The summed E-state index contributed by atoms with van der Waals surface area (Å²) in [5, 5.41) is 54.0. The molecule has 0 saturated carbocycles. The number of hydrogen-bond acceptors (Lipinski definition) is 20. The smallest absolute Gasteiger partial charge is 0.327 e. The zero-order valence-corrected chi connectivity index (χ0v) is 92.0. The van der Waals surface area contributed by atoms with E-state index in [0.717, 1.165) is 231 Å². The molecule has 2 aliphatic rings. The van der Waals surface area contributed by atoms with E-state index in [2.05, 4.69) is 77.8 Å². The topological polar surface area (TPSA) is 328 Å². The summed E-state index contributed by atoms with van der Waals surface area (Å²) in [5.74, 6) is -3.56. The minimum atomic E-state index is -4.65. The van der Waals surface area contributed by atoms with Crippen LogP contribution >= 0.6 is 7.60 Å². The SMILES string of the molecule is C=C(CCCCCCCCCCCCCCC)OC(CCCCCCCCCCC)CC(=O)NC1C(OP(C)(=O)O)OC(CO[C@@H]2OC(CO)[C@@H](O)[C@H](OC(=O)CC(CCCCCCCCCCC)OC(=O)CCCCCCCCCCCCCCC)C2NC(=O)CC(CCCCCCCCCCC)OC(=O)CCCCC/C=C\CCCCCC)[C@@H](O)[C@@H]1OC(=O)CC(O)CCCCCCCCCCC. The van der Waals surface area contributed by atoms with Crippen molar-refractivity contribution in [3.8, 4) is 0 Å². The maximum absolute atomic E-state index is 15.3. The summed E-state index contributed by atoms with van der Waals surface area (Å²) in [6, 6.07) is -3.35. The molecule has 2 fully saturated rings. The van der Waals surface area contributed by atoms with Crippen molar-refractivity contribution in [1.82, 2.24) is 10.6 Å². The van der Waals surface area contributed by atoms with Gasteiger partial charge in [0.15, 0.2) is 24.8 Å². The molecule has 0 aliphatic carbocycles. The molecule has 24 heteroatoms. The summed E-state index contributed by atoms with van der Waals surface area (Å²) in [5.41, 5.74) is 0. The first-order valence-corrected chi connectivity index (χ1v) is 61.0. The molecule has 7 N–H and O–H groups in total. The predicted molar refractivity (Wildman–Crippen MR) is 570 cm³/mol. The molecule has 0 bridgehead atoms. The fourth-order valence-electron chi connectivity index (χ4n) is 19.5. The Morgan fingerprint density at radius 3 is 0.957 bits per heavy atom. The van der Waals surface area contributed by atoms with Gasteiger partial charge in [-0.1, -0.05) is 459 Å². The standard InChI is InChI=1S/C116H217N2O21P/c1-10-17-24-31-38-45-48-50-53-59-62-69-76-83-96(8)132-98(85-78-71-64-56-42-35-28-21-14-5)91-103(121)118-110-114(137-107(125)90-97(120)84-77-70-63-55-41-34-27-20-13-4)112(128)102(136-116(110)139-140(9,129)130)95-131-115-109(117-104(122)92-99(86-79-72-65-57-43-36-29-22-15-6)133-105(123)88-81-74-67-60-52-47-40-33-26-19-12-3)113(111(127)101(94-119)135-115)138-108(126)93-100(87-80-73-66-58-44-37-30-23-16-7)134-106(124)89-82-75-68-61-54-51-49-46-39-32-25-18-11-2/h47,52,97-102,109-116,119-120,127-128H,8,10-46,48-51,53-95H2,1-7,9H3,(H,117,122)(H,118,121)(H,129,130)/b52-47-/t97?,98?,99?,100?,101?,102?,109?,110?,111-,112-,113-,114-,115-,116?/m1/s1. The first kappa shape index (κ1) is 132. The summed E-state index contributed by atoms with van der Waals surface area (Å²) >= 11 is 0. The van der Waals surface area contributed by atoms with E-state index in [1.807, 2.05) is 0 Å². The van der Waals surface area contributed by atoms with E-state index in [1.165, 1.54) is 199 Å². The molecule has 15 atom stereocenters. The van der Waals surface area contributed by atoms with Crippen molar-refractivity contribution >= 4 is 43.3 Å². The van der Waals surface area contributed by atoms with Gasteiger partial charge < -0.3 is 73.8 Å². The van der Waals surface area contributed by atoms with Crippen LogP contribution < -0.4 is 10.6 Å². The largest absolute Gasteiger partial charge is 0.495 e. The molecule has 2 saturated heterocycles. The van der Waals surface area contributed by atoms with Crippen molar-refractivity contribution in [1.29, 1.82) is 0 Å². The molecular weight excluding hydrogens is 1790 g/mol. The van der Waals surface area contributed by atoms with Crippen LogP contribution in [0.4, 0.5) is 0 Å². The maximum Gasteiger partial charge on any atom is 0.327 e. The Morgan fingerprint density at radius 1 is 0.343 bits per heavy atom. The van der Waals surface area contributed by atoms with Gasteiger partial charge in [-0.15, -0.1) is 0 Å². The van der Waals surface area contributed by atoms with Gasteiger partial charge in [0, 0.05) is 25.9 Å². The molecule has 0 aromatic carbocycles. The number of ether oxygens (including phenoxy) is 8. The van der Waals surface area contributed by atoms with E-state index < -0.39 is 155 Å². The number of carbonyl (C=O) groups is 6. The molecule has 140 heavy (non-hydrogen) atoms. The summed E-state index contributed by atoms with van der Waals surface area (Å²) in [6.45, 7) is 19.1. The molecule has 10 unspecified atom stereocenters. The zero-order valence-electron chi connectivity index (χ0n) is 91.1. The molecule has 822 valence electrons.